The summed E-state index contributed by atoms with van der Waals surface area (Å²) in [5, 5.41) is 12.6. The van der Waals surface area contributed by atoms with Crippen molar-refractivity contribution in [1.82, 2.24) is 0 Å². The van der Waals surface area contributed by atoms with Crippen molar-refractivity contribution in [2.75, 3.05) is 24.7 Å². The van der Waals surface area contributed by atoms with Crippen LogP contribution in [0.4, 0.5) is 5.69 Å². The average Bonchev–Trinajstić information content (AvgIpc) is 2.50. The summed E-state index contributed by atoms with van der Waals surface area (Å²) in [6, 6.07) is 8.17. The van der Waals surface area contributed by atoms with Crippen LogP contribution in [0, 0.1) is 11.3 Å². The first-order chi connectivity index (χ1) is 10.2. The predicted molar refractivity (Wildman–Crippen MR) is 86.5 cm³/mol. The minimum absolute atomic E-state index is 0.154. The minimum Gasteiger partial charge on any atom is -0.469 e. The summed E-state index contributed by atoms with van der Waals surface area (Å²) in [6.07, 6.45) is 3.24. The highest BCUT2D eigenvalue weighted by molar-refractivity contribution is 7.99. The zero-order valence-corrected chi connectivity index (χ0v) is 13.5. The Morgan fingerprint density at radius 3 is 2.86 bits per heavy atom. The first kappa shape index (κ1) is 17.4. The number of anilines is 1. The fourth-order valence-electron chi connectivity index (χ4n) is 1.97. The Hall–Kier alpha value is -1.67. The molecule has 0 unspecified atom stereocenters. The molecule has 1 N–H and O–H groups in total. The summed E-state index contributed by atoms with van der Waals surface area (Å²) < 4.78 is 4.60. The van der Waals surface area contributed by atoms with Gasteiger partial charge in [-0.05, 0) is 30.7 Å². The van der Waals surface area contributed by atoms with Crippen LogP contribution in [0.1, 0.15) is 38.2 Å². The number of benzene rings is 1. The lowest BCUT2D eigenvalue weighted by Crippen LogP contribution is -2.05. The van der Waals surface area contributed by atoms with Crippen molar-refractivity contribution >= 4 is 23.4 Å². The second-order valence-corrected chi connectivity index (χ2v) is 5.84. The molecular weight excluding hydrogens is 284 g/mol. The number of unbranched alkanes of at least 4 members (excludes halogenated alkanes) is 2. The van der Waals surface area contributed by atoms with Gasteiger partial charge in [0.15, 0.2) is 0 Å². The van der Waals surface area contributed by atoms with E-state index in [2.05, 4.69) is 23.0 Å². The van der Waals surface area contributed by atoms with Crippen LogP contribution >= 0.6 is 11.8 Å². The van der Waals surface area contributed by atoms with Gasteiger partial charge in [0.2, 0.25) is 0 Å². The van der Waals surface area contributed by atoms with E-state index in [1.165, 1.54) is 7.11 Å². The molecule has 0 saturated carbocycles. The zero-order valence-electron chi connectivity index (χ0n) is 12.6. The number of hydrogen-bond donors (Lipinski definition) is 1. The van der Waals surface area contributed by atoms with E-state index in [0.29, 0.717) is 6.42 Å². The van der Waals surface area contributed by atoms with Gasteiger partial charge >= 0.3 is 5.97 Å². The quantitative estimate of drug-likeness (QED) is 0.427. The smallest absolute Gasteiger partial charge is 0.305 e. The van der Waals surface area contributed by atoms with Crippen molar-refractivity contribution in [3.63, 3.8) is 0 Å². The molecule has 0 aliphatic heterocycles. The second-order valence-electron chi connectivity index (χ2n) is 4.54. The third-order valence-electron chi connectivity index (χ3n) is 3.04. The van der Waals surface area contributed by atoms with E-state index >= 15 is 0 Å². The topological polar surface area (TPSA) is 62.1 Å². The third-order valence-corrected chi connectivity index (χ3v) is 3.98. The number of nitriles is 1. The van der Waals surface area contributed by atoms with Crippen molar-refractivity contribution < 1.29 is 9.53 Å². The van der Waals surface area contributed by atoms with Gasteiger partial charge in [-0.3, -0.25) is 4.79 Å². The molecule has 5 heteroatoms. The maximum absolute atomic E-state index is 11.0. The molecular formula is C16H22N2O2S. The SMILES string of the molecule is CCSc1cccc(NCCCCCC(=O)OC)c1C#N. The number of hydrogen-bond acceptors (Lipinski definition) is 5. The van der Waals surface area contributed by atoms with Crippen molar-refractivity contribution in [3.05, 3.63) is 23.8 Å². The van der Waals surface area contributed by atoms with E-state index < -0.39 is 0 Å². The second kappa shape index (κ2) is 10.1. The molecule has 1 aromatic rings. The van der Waals surface area contributed by atoms with Crippen LogP contribution in [0.5, 0.6) is 0 Å². The Morgan fingerprint density at radius 2 is 2.19 bits per heavy atom. The van der Waals surface area contributed by atoms with E-state index in [-0.39, 0.29) is 5.97 Å². The van der Waals surface area contributed by atoms with Crippen LogP contribution in [0.3, 0.4) is 0 Å². The van der Waals surface area contributed by atoms with E-state index in [1.54, 1.807) is 11.8 Å². The van der Waals surface area contributed by atoms with Crippen LogP contribution in [-0.2, 0) is 9.53 Å². The molecule has 0 aliphatic carbocycles. The van der Waals surface area contributed by atoms with Crippen LogP contribution in [0.2, 0.25) is 0 Å². The summed E-state index contributed by atoms with van der Waals surface area (Å²) in [4.78, 5) is 12.0. The number of carbonyl (C=O) groups is 1. The summed E-state index contributed by atoms with van der Waals surface area (Å²) in [7, 11) is 1.41. The molecule has 0 spiro atoms. The number of carbonyl (C=O) groups excluding carboxylic acids is 1. The van der Waals surface area contributed by atoms with Crippen molar-refractivity contribution in [2.45, 2.75) is 37.5 Å². The van der Waals surface area contributed by atoms with Crippen LogP contribution in [0.15, 0.2) is 23.1 Å². The minimum atomic E-state index is -0.154. The number of nitrogens with zero attached hydrogens (tertiary/aromatic N) is 1. The molecule has 114 valence electrons. The molecule has 0 fully saturated rings. The lowest BCUT2D eigenvalue weighted by atomic mass is 10.1. The first-order valence-electron chi connectivity index (χ1n) is 7.19. The zero-order chi connectivity index (χ0) is 15.5. The molecule has 0 bridgehead atoms. The summed E-state index contributed by atoms with van der Waals surface area (Å²) in [5.41, 5.74) is 1.61. The fraction of sp³-hybridized carbons (Fsp3) is 0.500. The molecule has 0 aromatic heterocycles. The van der Waals surface area contributed by atoms with Gasteiger partial charge in [0.1, 0.15) is 6.07 Å². The fourth-order valence-corrected chi connectivity index (χ4v) is 2.75. The number of ether oxygens (including phenoxy) is 1. The normalized spacial score (nSPS) is 9.95. The van der Waals surface area contributed by atoms with Crippen molar-refractivity contribution in [3.8, 4) is 6.07 Å². The van der Waals surface area contributed by atoms with Crippen LogP contribution in [0.25, 0.3) is 0 Å². The third kappa shape index (κ3) is 6.09. The Bertz CT molecular complexity index is 498. The van der Waals surface area contributed by atoms with Crippen LogP contribution in [-0.4, -0.2) is 25.4 Å². The number of thioether (sulfide) groups is 1. The molecule has 0 radical (unpaired) electrons. The van der Waals surface area contributed by atoms with Gasteiger partial charge in [-0.1, -0.05) is 19.4 Å². The lowest BCUT2D eigenvalue weighted by Gasteiger charge is -2.11. The standard InChI is InChI=1S/C16H22N2O2S/c1-3-21-15-9-7-8-14(13(15)12-17)18-11-6-4-5-10-16(19)20-2/h7-9,18H,3-6,10-11H2,1-2H3. The van der Waals surface area contributed by atoms with E-state index in [0.717, 1.165) is 47.7 Å². The number of nitrogens with one attached hydrogen (secondary N) is 1. The number of methoxy groups -OCH3 is 1. The van der Waals surface area contributed by atoms with E-state index in [1.807, 2.05) is 18.2 Å². The van der Waals surface area contributed by atoms with E-state index in [4.69, 9.17) is 0 Å². The molecule has 1 rings (SSSR count). The van der Waals surface area contributed by atoms with E-state index in [9.17, 15) is 10.1 Å². The molecule has 0 amide bonds. The van der Waals surface area contributed by atoms with Gasteiger partial charge in [0, 0.05) is 17.9 Å². The number of esters is 1. The Kier molecular flexibility index (Phi) is 8.37. The van der Waals surface area contributed by atoms with Gasteiger partial charge < -0.3 is 10.1 Å². The Balaban J connectivity index is 2.40. The monoisotopic (exact) mass is 306 g/mol. The maximum Gasteiger partial charge on any atom is 0.305 e. The Morgan fingerprint density at radius 1 is 1.38 bits per heavy atom. The molecule has 0 saturated heterocycles. The Labute approximate surface area is 130 Å². The van der Waals surface area contributed by atoms with Crippen LogP contribution < -0.4 is 5.32 Å². The van der Waals surface area contributed by atoms with Crippen molar-refractivity contribution in [1.29, 1.82) is 5.26 Å². The van der Waals surface area contributed by atoms with Gasteiger partial charge in [0.05, 0.1) is 18.4 Å². The number of rotatable bonds is 9. The molecule has 0 heterocycles. The van der Waals surface area contributed by atoms with Gasteiger partial charge in [-0.2, -0.15) is 5.26 Å². The first-order valence-corrected chi connectivity index (χ1v) is 8.18. The molecule has 0 aliphatic rings. The van der Waals surface area contributed by atoms with Gasteiger partial charge in [0.25, 0.3) is 0 Å². The average molecular weight is 306 g/mol. The highest BCUT2D eigenvalue weighted by Crippen LogP contribution is 2.27. The molecule has 1 aromatic carbocycles. The largest absolute Gasteiger partial charge is 0.469 e. The highest BCUT2D eigenvalue weighted by atomic mass is 32.2. The predicted octanol–water partition coefficient (Wildman–Crippen LogP) is 3.82. The summed E-state index contributed by atoms with van der Waals surface area (Å²) >= 11 is 1.68. The molecule has 0 atom stereocenters. The summed E-state index contributed by atoms with van der Waals surface area (Å²) in [5.74, 6) is 0.796. The maximum atomic E-state index is 11.0. The van der Waals surface area contributed by atoms with Crippen molar-refractivity contribution in [2.24, 2.45) is 0 Å². The van der Waals surface area contributed by atoms with Gasteiger partial charge in [-0.15, -0.1) is 11.8 Å². The molecule has 4 nitrogen and oxygen atoms in total. The van der Waals surface area contributed by atoms with Gasteiger partial charge in [-0.25, -0.2) is 0 Å². The summed E-state index contributed by atoms with van der Waals surface area (Å²) in [6.45, 7) is 2.88. The molecule has 21 heavy (non-hydrogen) atoms. The lowest BCUT2D eigenvalue weighted by molar-refractivity contribution is -0.140. The highest BCUT2D eigenvalue weighted by Gasteiger charge is 2.07.